The molecule has 4 heteroatoms. The van der Waals surface area contributed by atoms with E-state index >= 15 is 0 Å². The second-order valence-electron chi connectivity index (χ2n) is 5.03. The Kier molecular flexibility index (Phi) is 2.85. The van der Waals surface area contributed by atoms with Gasteiger partial charge in [-0.25, -0.2) is 0 Å². The Labute approximate surface area is 111 Å². The highest BCUT2D eigenvalue weighted by Gasteiger charge is 2.27. The van der Waals surface area contributed by atoms with Crippen molar-refractivity contribution in [2.75, 3.05) is 5.73 Å². The molecule has 0 amide bonds. The number of carbonyl (C=O) groups is 1. The van der Waals surface area contributed by atoms with Gasteiger partial charge in [0, 0.05) is 17.0 Å². The van der Waals surface area contributed by atoms with E-state index < -0.39 is 0 Å². The van der Waals surface area contributed by atoms with Crippen LogP contribution in [0.25, 0.3) is 0 Å². The molecule has 98 valence electrons. The highest BCUT2D eigenvalue weighted by molar-refractivity contribution is 5.94. The molecule has 1 aromatic heterocycles. The summed E-state index contributed by atoms with van der Waals surface area (Å²) in [6, 6.07) is 7.74. The Balaban J connectivity index is 1.97. The van der Waals surface area contributed by atoms with Crippen LogP contribution in [0.4, 0.5) is 5.88 Å². The van der Waals surface area contributed by atoms with E-state index in [0.29, 0.717) is 5.88 Å². The van der Waals surface area contributed by atoms with Crippen LogP contribution in [-0.4, -0.2) is 10.9 Å². The quantitative estimate of drug-likeness (QED) is 0.839. The number of rotatable bonds is 2. The lowest BCUT2D eigenvalue weighted by Crippen LogP contribution is -2.11. The molecule has 0 spiro atoms. The molecule has 1 aromatic carbocycles. The molecular weight excluding hydrogens is 240 g/mol. The van der Waals surface area contributed by atoms with E-state index in [1.165, 1.54) is 5.56 Å². The van der Waals surface area contributed by atoms with Gasteiger partial charge in [-0.1, -0.05) is 29.4 Å². The smallest absolute Gasteiger partial charge is 0.225 e. The fourth-order valence-electron chi connectivity index (χ4n) is 2.75. The van der Waals surface area contributed by atoms with Crippen molar-refractivity contribution >= 4 is 11.7 Å². The van der Waals surface area contributed by atoms with Gasteiger partial charge in [-0.2, -0.15) is 0 Å². The minimum atomic E-state index is 0.0848. The second kappa shape index (κ2) is 4.53. The highest BCUT2D eigenvalue weighted by atomic mass is 16.5. The number of anilines is 1. The molecule has 0 radical (unpaired) electrons. The van der Waals surface area contributed by atoms with Gasteiger partial charge in [0.15, 0.2) is 5.78 Å². The molecule has 0 saturated heterocycles. The van der Waals surface area contributed by atoms with Crippen molar-refractivity contribution < 1.29 is 9.32 Å². The third-order valence-corrected chi connectivity index (χ3v) is 3.82. The van der Waals surface area contributed by atoms with E-state index in [2.05, 4.69) is 5.16 Å². The van der Waals surface area contributed by atoms with Gasteiger partial charge < -0.3 is 10.3 Å². The lowest BCUT2D eigenvalue weighted by Gasteiger charge is -2.20. The number of aromatic nitrogens is 1. The number of hydrogen-bond donors (Lipinski definition) is 1. The van der Waals surface area contributed by atoms with Crippen LogP contribution in [0, 0.1) is 0 Å². The lowest BCUT2D eigenvalue weighted by molar-refractivity contribution is 0.101. The van der Waals surface area contributed by atoms with Crippen LogP contribution in [0.1, 0.15) is 52.9 Å². The SMILES string of the molecule is CC(=O)c1ccc(C2CCCc3c2noc3N)cc1. The molecule has 3 rings (SSSR count). The van der Waals surface area contributed by atoms with Crippen molar-refractivity contribution in [1.29, 1.82) is 0 Å². The van der Waals surface area contributed by atoms with Crippen LogP contribution in [-0.2, 0) is 6.42 Å². The third-order valence-electron chi connectivity index (χ3n) is 3.82. The molecule has 1 unspecified atom stereocenters. The van der Waals surface area contributed by atoms with E-state index in [9.17, 15) is 4.79 Å². The maximum atomic E-state index is 11.3. The first-order valence-electron chi connectivity index (χ1n) is 6.51. The Morgan fingerprint density at radius 1 is 1.37 bits per heavy atom. The number of nitrogens with zero attached hydrogens (tertiary/aromatic N) is 1. The van der Waals surface area contributed by atoms with Gasteiger partial charge in [-0.05, 0) is 31.7 Å². The fraction of sp³-hybridized carbons (Fsp3) is 0.333. The van der Waals surface area contributed by atoms with Crippen LogP contribution in [0.2, 0.25) is 0 Å². The average molecular weight is 256 g/mol. The van der Waals surface area contributed by atoms with Crippen LogP contribution in [0.5, 0.6) is 0 Å². The van der Waals surface area contributed by atoms with Crippen LogP contribution < -0.4 is 5.73 Å². The molecule has 0 fully saturated rings. The molecule has 0 bridgehead atoms. The fourth-order valence-corrected chi connectivity index (χ4v) is 2.75. The Hall–Kier alpha value is -2.10. The van der Waals surface area contributed by atoms with E-state index in [-0.39, 0.29) is 11.7 Å². The normalized spacial score (nSPS) is 18.1. The number of hydrogen-bond acceptors (Lipinski definition) is 4. The van der Waals surface area contributed by atoms with Gasteiger partial charge in [-0.15, -0.1) is 0 Å². The van der Waals surface area contributed by atoms with Gasteiger partial charge in [0.05, 0.1) is 5.69 Å². The summed E-state index contributed by atoms with van der Waals surface area (Å²) in [7, 11) is 0. The summed E-state index contributed by atoms with van der Waals surface area (Å²) in [6.45, 7) is 1.58. The zero-order chi connectivity index (χ0) is 13.4. The lowest BCUT2D eigenvalue weighted by atomic mass is 9.82. The van der Waals surface area contributed by atoms with Crippen molar-refractivity contribution in [3.63, 3.8) is 0 Å². The Morgan fingerprint density at radius 2 is 2.11 bits per heavy atom. The number of nitrogen functional groups attached to an aromatic ring is 1. The van der Waals surface area contributed by atoms with E-state index in [1.807, 2.05) is 24.3 Å². The number of Topliss-reactive ketones (excluding diaryl/α,β-unsaturated/α-hetero) is 1. The molecule has 1 atom stereocenters. The maximum Gasteiger partial charge on any atom is 0.225 e. The first-order chi connectivity index (χ1) is 9.16. The van der Waals surface area contributed by atoms with Gasteiger partial charge in [-0.3, -0.25) is 4.79 Å². The summed E-state index contributed by atoms with van der Waals surface area (Å²) >= 11 is 0. The topological polar surface area (TPSA) is 69.1 Å². The summed E-state index contributed by atoms with van der Waals surface area (Å²) < 4.78 is 5.10. The first kappa shape index (κ1) is 12.0. The molecule has 2 aromatic rings. The first-order valence-corrected chi connectivity index (χ1v) is 6.51. The molecule has 4 nitrogen and oxygen atoms in total. The van der Waals surface area contributed by atoms with Crippen LogP contribution >= 0.6 is 0 Å². The molecule has 0 saturated carbocycles. The Bertz CT molecular complexity index is 614. The van der Waals surface area contributed by atoms with Crippen molar-refractivity contribution in [3.8, 4) is 0 Å². The van der Waals surface area contributed by atoms with E-state index in [1.54, 1.807) is 6.92 Å². The predicted octanol–water partition coefficient (Wildman–Crippen LogP) is 2.93. The number of ketones is 1. The van der Waals surface area contributed by atoms with Gasteiger partial charge in [0.2, 0.25) is 5.88 Å². The number of carbonyl (C=O) groups excluding carboxylic acids is 1. The van der Waals surface area contributed by atoms with Gasteiger partial charge >= 0.3 is 0 Å². The number of fused-ring (bicyclic) bond motifs is 1. The van der Waals surface area contributed by atoms with Crippen LogP contribution in [0.3, 0.4) is 0 Å². The van der Waals surface area contributed by atoms with E-state index in [4.69, 9.17) is 10.3 Å². The summed E-state index contributed by atoms with van der Waals surface area (Å²) in [5, 5.41) is 4.10. The zero-order valence-corrected chi connectivity index (χ0v) is 10.8. The van der Waals surface area contributed by atoms with Gasteiger partial charge in [0.25, 0.3) is 0 Å². The minimum absolute atomic E-state index is 0.0848. The summed E-state index contributed by atoms with van der Waals surface area (Å²) in [5.74, 6) is 0.757. The number of benzene rings is 1. The minimum Gasteiger partial charge on any atom is -0.367 e. The van der Waals surface area contributed by atoms with Crippen molar-refractivity contribution in [3.05, 3.63) is 46.6 Å². The summed E-state index contributed by atoms with van der Waals surface area (Å²) in [6.07, 6.45) is 3.06. The van der Waals surface area contributed by atoms with Gasteiger partial charge in [0.1, 0.15) is 0 Å². The maximum absolute atomic E-state index is 11.3. The largest absolute Gasteiger partial charge is 0.367 e. The van der Waals surface area contributed by atoms with E-state index in [0.717, 1.165) is 36.1 Å². The highest BCUT2D eigenvalue weighted by Crippen LogP contribution is 2.38. The Morgan fingerprint density at radius 3 is 2.79 bits per heavy atom. The molecule has 1 aliphatic carbocycles. The molecule has 0 aliphatic heterocycles. The molecule has 1 heterocycles. The summed E-state index contributed by atoms with van der Waals surface area (Å²) in [5.41, 5.74) is 9.70. The second-order valence-corrected chi connectivity index (χ2v) is 5.03. The van der Waals surface area contributed by atoms with Crippen molar-refractivity contribution in [1.82, 2.24) is 5.16 Å². The van der Waals surface area contributed by atoms with Crippen LogP contribution in [0.15, 0.2) is 28.8 Å². The zero-order valence-electron chi connectivity index (χ0n) is 10.8. The van der Waals surface area contributed by atoms with Crippen molar-refractivity contribution in [2.45, 2.75) is 32.1 Å². The predicted molar refractivity (Wildman–Crippen MR) is 72.1 cm³/mol. The molecule has 2 N–H and O–H groups in total. The number of nitrogens with two attached hydrogens (primary N) is 1. The summed E-state index contributed by atoms with van der Waals surface area (Å²) in [4.78, 5) is 11.3. The van der Waals surface area contributed by atoms with Crippen molar-refractivity contribution in [2.24, 2.45) is 0 Å². The standard InChI is InChI=1S/C15H16N2O2/c1-9(18)10-5-7-11(8-6-10)12-3-2-4-13-14(12)17-19-15(13)16/h5-8,12H,2-4,16H2,1H3. The molecular formula is C15H16N2O2. The molecule has 19 heavy (non-hydrogen) atoms. The monoisotopic (exact) mass is 256 g/mol. The third kappa shape index (κ3) is 2.03. The average Bonchev–Trinajstić information content (AvgIpc) is 2.81. The molecule has 1 aliphatic rings.